The number of fused-ring (bicyclic) bond motifs is 2. The van der Waals surface area contributed by atoms with Gasteiger partial charge < -0.3 is 5.32 Å². The van der Waals surface area contributed by atoms with Crippen molar-refractivity contribution in [1.29, 1.82) is 0 Å². The van der Waals surface area contributed by atoms with Crippen molar-refractivity contribution in [3.05, 3.63) is 33.8 Å². The monoisotopic (exact) mass is 308 g/mol. The van der Waals surface area contributed by atoms with Crippen LogP contribution in [0.4, 0.5) is 0 Å². The molecule has 2 fully saturated rings. The van der Waals surface area contributed by atoms with E-state index in [1.165, 1.54) is 48.0 Å². The standard InChI is InChI=1S/C15H21BrN2/c1-11-8-12(2-5-15(11)16)9-18-7-6-13-3-4-14(10-18)17-13/h2,5,8,13-14,17H,3-4,6-7,9-10H2,1H3. The zero-order valence-corrected chi connectivity index (χ0v) is 12.5. The second-order valence-corrected chi connectivity index (χ2v) is 6.60. The Morgan fingerprint density at radius 1 is 1.28 bits per heavy atom. The third kappa shape index (κ3) is 2.79. The number of nitrogens with zero attached hydrogens (tertiary/aromatic N) is 1. The number of hydrogen-bond donors (Lipinski definition) is 1. The number of hydrogen-bond acceptors (Lipinski definition) is 2. The third-order valence-electron chi connectivity index (χ3n) is 4.24. The molecule has 0 amide bonds. The van der Waals surface area contributed by atoms with Crippen molar-refractivity contribution >= 4 is 15.9 Å². The smallest absolute Gasteiger partial charge is 0.0234 e. The van der Waals surface area contributed by atoms with Gasteiger partial charge in [0.2, 0.25) is 0 Å². The van der Waals surface area contributed by atoms with Gasteiger partial charge in [0.05, 0.1) is 0 Å². The molecule has 1 aromatic rings. The van der Waals surface area contributed by atoms with Crippen molar-refractivity contribution in [1.82, 2.24) is 10.2 Å². The SMILES string of the molecule is Cc1cc(CN2CCC3CCC(C2)N3)ccc1Br. The Hall–Kier alpha value is -0.380. The molecule has 18 heavy (non-hydrogen) atoms. The maximum Gasteiger partial charge on any atom is 0.0234 e. The average Bonchev–Trinajstić information content (AvgIpc) is 2.68. The normalized spacial score (nSPS) is 28.3. The van der Waals surface area contributed by atoms with Gasteiger partial charge in [-0.1, -0.05) is 28.1 Å². The van der Waals surface area contributed by atoms with Crippen LogP contribution in [0.25, 0.3) is 0 Å². The van der Waals surface area contributed by atoms with E-state index < -0.39 is 0 Å². The van der Waals surface area contributed by atoms with Gasteiger partial charge in [0, 0.05) is 36.2 Å². The molecule has 2 unspecified atom stereocenters. The Morgan fingerprint density at radius 2 is 2.11 bits per heavy atom. The first kappa shape index (κ1) is 12.6. The van der Waals surface area contributed by atoms with Gasteiger partial charge in [-0.2, -0.15) is 0 Å². The van der Waals surface area contributed by atoms with E-state index in [1.807, 2.05) is 0 Å². The average molecular weight is 309 g/mol. The van der Waals surface area contributed by atoms with Crippen LogP contribution in [0.1, 0.15) is 30.4 Å². The molecule has 0 aliphatic carbocycles. The topological polar surface area (TPSA) is 15.3 Å². The lowest BCUT2D eigenvalue weighted by Crippen LogP contribution is -2.34. The van der Waals surface area contributed by atoms with Crippen LogP contribution in [0.15, 0.2) is 22.7 Å². The van der Waals surface area contributed by atoms with Crippen molar-refractivity contribution in [3.8, 4) is 0 Å². The molecule has 0 radical (unpaired) electrons. The fourth-order valence-corrected chi connectivity index (χ4v) is 3.47. The Bertz CT molecular complexity index is 433. The van der Waals surface area contributed by atoms with Crippen LogP contribution < -0.4 is 5.32 Å². The van der Waals surface area contributed by atoms with Crippen LogP contribution in [0.5, 0.6) is 0 Å². The maximum atomic E-state index is 3.74. The number of halogens is 1. The summed E-state index contributed by atoms with van der Waals surface area (Å²) < 4.78 is 1.21. The molecular formula is C15H21BrN2. The van der Waals surface area contributed by atoms with Gasteiger partial charge in [0.25, 0.3) is 0 Å². The molecule has 1 N–H and O–H groups in total. The Labute approximate surface area is 118 Å². The third-order valence-corrected chi connectivity index (χ3v) is 5.13. The molecule has 98 valence electrons. The van der Waals surface area contributed by atoms with E-state index in [9.17, 15) is 0 Å². The highest BCUT2D eigenvalue weighted by molar-refractivity contribution is 9.10. The van der Waals surface area contributed by atoms with Gasteiger partial charge in [-0.25, -0.2) is 0 Å². The molecular weight excluding hydrogens is 288 g/mol. The van der Waals surface area contributed by atoms with E-state index in [-0.39, 0.29) is 0 Å². The molecule has 3 rings (SSSR count). The molecule has 2 bridgehead atoms. The molecule has 2 atom stereocenters. The maximum absolute atomic E-state index is 3.74. The first-order valence-electron chi connectivity index (χ1n) is 6.94. The summed E-state index contributed by atoms with van der Waals surface area (Å²) in [5, 5.41) is 3.74. The predicted molar refractivity (Wildman–Crippen MR) is 78.7 cm³/mol. The van der Waals surface area contributed by atoms with Gasteiger partial charge in [-0.05, 0) is 43.4 Å². The summed E-state index contributed by atoms with van der Waals surface area (Å²) in [6.07, 6.45) is 4.06. The number of nitrogens with one attached hydrogen (secondary N) is 1. The number of likely N-dealkylation sites (tertiary alicyclic amines) is 1. The van der Waals surface area contributed by atoms with E-state index in [0.717, 1.165) is 18.6 Å². The van der Waals surface area contributed by atoms with Crippen molar-refractivity contribution in [2.24, 2.45) is 0 Å². The molecule has 0 aromatic heterocycles. The number of benzene rings is 1. The van der Waals surface area contributed by atoms with Crippen molar-refractivity contribution in [3.63, 3.8) is 0 Å². The van der Waals surface area contributed by atoms with Gasteiger partial charge in [0.15, 0.2) is 0 Å². The summed E-state index contributed by atoms with van der Waals surface area (Å²) in [6.45, 7) is 5.72. The molecule has 2 heterocycles. The summed E-state index contributed by atoms with van der Waals surface area (Å²) in [7, 11) is 0. The Balaban J connectivity index is 1.66. The fraction of sp³-hybridized carbons (Fsp3) is 0.600. The minimum absolute atomic E-state index is 0.731. The predicted octanol–water partition coefficient (Wildman–Crippen LogP) is 3.08. The molecule has 3 heteroatoms. The summed E-state index contributed by atoms with van der Waals surface area (Å²) in [5.41, 5.74) is 2.77. The molecule has 2 nitrogen and oxygen atoms in total. The highest BCUT2D eigenvalue weighted by atomic mass is 79.9. The zero-order chi connectivity index (χ0) is 12.5. The minimum atomic E-state index is 0.731. The van der Waals surface area contributed by atoms with E-state index in [4.69, 9.17) is 0 Å². The quantitative estimate of drug-likeness (QED) is 0.903. The van der Waals surface area contributed by atoms with Crippen LogP contribution in [0.3, 0.4) is 0 Å². The summed E-state index contributed by atoms with van der Waals surface area (Å²) in [6, 6.07) is 8.24. The molecule has 2 aliphatic heterocycles. The highest BCUT2D eigenvalue weighted by Gasteiger charge is 2.28. The second-order valence-electron chi connectivity index (χ2n) is 5.75. The first-order chi connectivity index (χ1) is 8.70. The lowest BCUT2D eigenvalue weighted by Gasteiger charge is -2.24. The van der Waals surface area contributed by atoms with Crippen LogP contribution in [-0.4, -0.2) is 30.1 Å². The van der Waals surface area contributed by atoms with Crippen molar-refractivity contribution < 1.29 is 0 Å². The van der Waals surface area contributed by atoms with Crippen LogP contribution in [-0.2, 0) is 6.54 Å². The number of rotatable bonds is 2. The molecule has 2 aliphatic rings. The second kappa shape index (κ2) is 5.32. The Kier molecular flexibility index (Phi) is 3.73. The van der Waals surface area contributed by atoms with Crippen molar-refractivity contribution in [2.45, 2.75) is 44.8 Å². The summed E-state index contributed by atoms with van der Waals surface area (Å²) in [4.78, 5) is 2.61. The van der Waals surface area contributed by atoms with Crippen LogP contribution >= 0.6 is 15.9 Å². The van der Waals surface area contributed by atoms with E-state index in [2.05, 4.69) is 51.3 Å². The van der Waals surface area contributed by atoms with Gasteiger partial charge in [-0.15, -0.1) is 0 Å². The van der Waals surface area contributed by atoms with E-state index >= 15 is 0 Å². The van der Waals surface area contributed by atoms with Gasteiger partial charge in [-0.3, -0.25) is 4.90 Å². The van der Waals surface area contributed by atoms with Crippen LogP contribution in [0.2, 0.25) is 0 Å². The largest absolute Gasteiger partial charge is 0.310 e. The van der Waals surface area contributed by atoms with Gasteiger partial charge in [0.1, 0.15) is 0 Å². The Morgan fingerprint density at radius 3 is 2.94 bits per heavy atom. The zero-order valence-electron chi connectivity index (χ0n) is 11.0. The molecule has 2 saturated heterocycles. The minimum Gasteiger partial charge on any atom is -0.310 e. The molecule has 0 saturated carbocycles. The fourth-order valence-electron chi connectivity index (χ4n) is 3.22. The highest BCUT2D eigenvalue weighted by Crippen LogP contribution is 2.23. The lowest BCUT2D eigenvalue weighted by molar-refractivity contribution is 0.251. The molecule has 0 spiro atoms. The first-order valence-corrected chi connectivity index (χ1v) is 7.73. The number of aryl methyl sites for hydroxylation is 1. The van der Waals surface area contributed by atoms with Crippen molar-refractivity contribution in [2.75, 3.05) is 13.1 Å². The summed E-state index contributed by atoms with van der Waals surface area (Å²) in [5.74, 6) is 0. The van der Waals surface area contributed by atoms with Crippen LogP contribution in [0, 0.1) is 6.92 Å². The molecule has 1 aromatic carbocycles. The van der Waals surface area contributed by atoms with Gasteiger partial charge >= 0.3 is 0 Å². The summed E-state index contributed by atoms with van der Waals surface area (Å²) >= 11 is 3.57. The lowest BCUT2D eigenvalue weighted by atomic mass is 10.1. The van der Waals surface area contributed by atoms with E-state index in [1.54, 1.807) is 0 Å². The van der Waals surface area contributed by atoms with E-state index in [0.29, 0.717) is 0 Å².